The maximum Gasteiger partial charge on any atom is 0.124 e. The van der Waals surface area contributed by atoms with Crippen LogP contribution in [0.5, 0.6) is 0 Å². The van der Waals surface area contributed by atoms with Crippen molar-refractivity contribution in [3.63, 3.8) is 0 Å². The molecule has 1 fully saturated rings. The van der Waals surface area contributed by atoms with Crippen LogP contribution in [0.3, 0.4) is 0 Å². The lowest BCUT2D eigenvalue weighted by Crippen LogP contribution is -2.30. The van der Waals surface area contributed by atoms with Crippen molar-refractivity contribution in [2.45, 2.75) is 25.3 Å². The topological polar surface area (TPSA) is 57.9 Å². The number of hydrogen-bond donors (Lipinski definition) is 2. The van der Waals surface area contributed by atoms with Gasteiger partial charge in [0.05, 0.1) is 17.1 Å². The molecule has 0 spiro atoms. The van der Waals surface area contributed by atoms with Crippen molar-refractivity contribution in [3.05, 3.63) is 24.0 Å². The quantitative estimate of drug-likeness (QED) is 0.739. The molecule has 1 aliphatic heterocycles. The van der Waals surface area contributed by atoms with Crippen molar-refractivity contribution in [1.29, 1.82) is 0 Å². The van der Waals surface area contributed by atoms with Crippen LogP contribution < -0.4 is 5.73 Å². The standard InChI is InChI=1S/C13H18N4/c1-17-7-3-2-4-12(17)13-15-10-6-5-9(14)8-11(10)16-13/h5-6,8,12H,2-4,7,14H2,1H3,(H,15,16). The molecule has 4 nitrogen and oxygen atoms in total. The van der Waals surface area contributed by atoms with Crippen LogP contribution in [0.15, 0.2) is 18.2 Å². The molecule has 1 aliphatic rings. The van der Waals surface area contributed by atoms with Gasteiger partial charge in [0, 0.05) is 5.69 Å². The van der Waals surface area contributed by atoms with E-state index in [0.29, 0.717) is 6.04 Å². The van der Waals surface area contributed by atoms with E-state index in [9.17, 15) is 0 Å². The first kappa shape index (κ1) is 10.6. The number of likely N-dealkylation sites (tertiary alicyclic amines) is 1. The minimum atomic E-state index is 0.428. The summed E-state index contributed by atoms with van der Waals surface area (Å²) in [6.45, 7) is 1.16. The van der Waals surface area contributed by atoms with Crippen molar-refractivity contribution in [2.24, 2.45) is 0 Å². The number of anilines is 1. The third kappa shape index (κ3) is 1.89. The van der Waals surface area contributed by atoms with E-state index >= 15 is 0 Å². The minimum Gasteiger partial charge on any atom is -0.399 e. The lowest BCUT2D eigenvalue weighted by molar-refractivity contribution is 0.180. The number of nitrogens with one attached hydrogen (secondary N) is 1. The second-order valence-electron chi connectivity index (χ2n) is 4.89. The highest BCUT2D eigenvalue weighted by Gasteiger charge is 2.23. The molecule has 1 atom stereocenters. The first-order valence-corrected chi connectivity index (χ1v) is 6.19. The van der Waals surface area contributed by atoms with E-state index in [1.54, 1.807) is 0 Å². The summed E-state index contributed by atoms with van der Waals surface area (Å²) in [5, 5.41) is 0. The largest absolute Gasteiger partial charge is 0.399 e. The Morgan fingerprint density at radius 2 is 2.29 bits per heavy atom. The first-order valence-electron chi connectivity index (χ1n) is 6.19. The lowest BCUT2D eigenvalue weighted by Gasteiger charge is -2.30. The van der Waals surface area contributed by atoms with Crippen molar-refractivity contribution in [3.8, 4) is 0 Å². The molecule has 0 bridgehead atoms. The maximum absolute atomic E-state index is 5.78. The molecule has 2 aromatic rings. The van der Waals surface area contributed by atoms with Gasteiger partial charge in [0.2, 0.25) is 0 Å². The summed E-state index contributed by atoms with van der Waals surface area (Å²) in [5.74, 6) is 1.08. The monoisotopic (exact) mass is 230 g/mol. The van der Waals surface area contributed by atoms with E-state index in [2.05, 4.69) is 21.9 Å². The van der Waals surface area contributed by atoms with Gasteiger partial charge in [0.15, 0.2) is 0 Å². The summed E-state index contributed by atoms with van der Waals surface area (Å²) in [6, 6.07) is 6.26. The predicted octanol–water partition coefficient (Wildman–Crippen LogP) is 2.30. The maximum atomic E-state index is 5.78. The molecule has 1 aromatic heterocycles. The molecule has 0 amide bonds. The number of rotatable bonds is 1. The Bertz CT molecular complexity index is 531. The van der Waals surface area contributed by atoms with Crippen LogP contribution in [-0.2, 0) is 0 Å². The summed E-state index contributed by atoms with van der Waals surface area (Å²) >= 11 is 0. The zero-order valence-electron chi connectivity index (χ0n) is 10.1. The molecule has 1 unspecified atom stereocenters. The fraction of sp³-hybridized carbons (Fsp3) is 0.462. The summed E-state index contributed by atoms with van der Waals surface area (Å²) in [5.41, 5.74) is 8.61. The van der Waals surface area contributed by atoms with Crippen LogP contribution >= 0.6 is 0 Å². The Balaban J connectivity index is 1.99. The second kappa shape index (κ2) is 4.04. The Kier molecular flexibility index (Phi) is 2.52. The van der Waals surface area contributed by atoms with Crippen LogP contribution in [0.25, 0.3) is 11.0 Å². The van der Waals surface area contributed by atoms with E-state index < -0.39 is 0 Å². The highest BCUT2D eigenvalue weighted by Crippen LogP contribution is 2.29. The van der Waals surface area contributed by atoms with E-state index in [4.69, 9.17) is 5.73 Å². The average molecular weight is 230 g/mol. The molecule has 4 heteroatoms. The zero-order valence-corrected chi connectivity index (χ0v) is 10.1. The molecule has 1 aromatic carbocycles. The fourth-order valence-corrected chi connectivity index (χ4v) is 2.63. The van der Waals surface area contributed by atoms with Gasteiger partial charge >= 0.3 is 0 Å². The number of fused-ring (bicyclic) bond motifs is 1. The van der Waals surface area contributed by atoms with Gasteiger partial charge in [-0.25, -0.2) is 4.98 Å². The molecule has 0 radical (unpaired) electrons. The summed E-state index contributed by atoms with van der Waals surface area (Å²) in [4.78, 5) is 10.5. The van der Waals surface area contributed by atoms with Crippen molar-refractivity contribution in [1.82, 2.24) is 14.9 Å². The molecule has 1 saturated heterocycles. The molecule has 0 saturated carbocycles. The van der Waals surface area contributed by atoms with Gasteiger partial charge in [-0.2, -0.15) is 0 Å². The predicted molar refractivity (Wildman–Crippen MR) is 69.7 cm³/mol. The molecule has 3 rings (SSSR count). The number of nitrogens with zero attached hydrogens (tertiary/aromatic N) is 2. The Morgan fingerprint density at radius 1 is 1.41 bits per heavy atom. The Morgan fingerprint density at radius 3 is 3.12 bits per heavy atom. The number of H-pyrrole nitrogens is 1. The third-order valence-corrected chi connectivity index (χ3v) is 3.61. The smallest absolute Gasteiger partial charge is 0.124 e. The van der Waals surface area contributed by atoms with Gasteiger partial charge in [-0.05, 0) is 44.6 Å². The summed E-state index contributed by atoms with van der Waals surface area (Å²) in [6.07, 6.45) is 3.76. The van der Waals surface area contributed by atoms with Gasteiger partial charge in [-0.15, -0.1) is 0 Å². The van der Waals surface area contributed by atoms with Crippen LogP contribution in [0, 0.1) is 0 Å². The van der Waals surface area contributed by atoms with E-state index in [0.717, 1.165) is 29.1 Å². The first-order chi connectivity index (χ1) is 8.24. The fourth-order valence-electron chi connectivity index (χ4n) is 2.63. The minimum absolute atomic E-state index is 0.428. The van der Waals surface area contributed by atoms with Gasteiger partial charge in [-0.1, -0.05) is 6.42 Å². The number of nitrogens with two attached hydrogens (primary N) is 1. The highest BCUT2D eigenvalue weighted by molar-refractivity contribution is 5.78. The third-order valence-electron chi connectivity index (χ3n) is 3.61. The number of piperidine rings is 1. The molecule has 3 N–H and O–H groups in total. The normalized spacial score (nSPS) is 22.1. The van der Waals surface area contributed by atoms with Gasteiger partial charge in [0.1, 0.15) is 5.82 Å². The number of benzene rings is 1. The number of nitrogen functional groups attached to an aromatic ring is 1. The second-order valence-corrected chi connectivity index (χ2v) is 4.89. The molecule has 2 heterocycles. The van der Waals surface area contributed by atoms with E-state index in [-0.39, 0.29) is 0 Å². The van der Waals surface area contributed by atoms with Crippen molar-refractivity contribution < 1.29 is 0 Å². The summed E-state index contributed by atoms with van der Waals surface area (Å²) < 4.78 is 0. The Labute approximate surface area is 101 Å². The zero-order chi connectivity index (χ0) is 11.8. The van der Waals surface area contributed by atoms with Gasteiger partial charge in [0.25, 0.3) is 0 Å². The summed E-state index contributed by atoms with van der Waals surface area (Å²) in [7, 11) is 2.17. The number of aromatic nitrogens is 2. The number of hydrogen-bond acceptors (Lipinski definition) is 3. The van der Waals surface area contributed by atoms with E-state index in [1.165, 1.54) is 19.3 Å². The SMILES string of the molecule is CN1CCCCC1c1nc2ccc(N)cc2[nH]1. The molecule has 90 valence electrons. The Hall–Kier alpha value is -1.55. The number of imidazole rings is 1. The highest BCUT2D eigenvalue weighted by atomic mass is 15.2. The van der Waals surface area contributed by atoms with Crippen LogP contribution in [0.1, 0.15) is 31.1 Å². The number of aromatic amines is 1. The molecule has 0 aliphatic carbocycles. The van der Waals surface area contributed by atoms with Crippen LogP contribution in [-0.4, -0.2) is 28.5 Å². The van der Waals surface area contributed by atoms with Crippen LogP contribution in [0.2, 0.25) is 0 Å². The molecular formula is C13H18N4. The van der Waals surface area contributed by atoms with Crippen molar-refractivity contribution >= 4 is 16.7 Å². The molecular weight excluding hydrogens is 212 g/mol. The van der Waals surface area contributed by atoms with E-state index in [1.807, 2.05) is 18.2 Å². The average Bonchev–Trinajstić information content (AvgIpc) is 2.72. The van der Waals surface area contributed by atoms with Crippen LogP contribution in [0.4, 0.5) is 5.69 Å². The lowest BCUT2D eigenvalue weighted by atomic mass is 10.0. The van der Waals surface area contributed by atoms with Crippen molar-refractivity contribution in [2.75, 3.05) is 19.3 Å². The van der Waals surface area contributed by atoms with Gasteiger partial charge < -0.3 is 10.7 Å². The molecule has 17 heavy (non-hydrogen) atoms. The van der Waals surface area contributed by atoms with Gasteiger partial charge in [-0.3, -0.25) is 4.90 Å².